The minimum atomic E-state index is -0.559. The lowest BCUT2D eigenvalue weighted by Gasteiger charge is -2.61. The lowest BCUT2D eigenvalue weighted by atomic mass is 9.46. The number of carbonyl (C=O) groups is 9. The van der Waals surface area contributed by atoms with E-state index < -0.39 is 34.0 Å². The highest BCUT2D eigenvalue weighted by molar-refractivity contribution is 5.81. The first kappa shape index (κ1) is 106. The Balaban J connectivity index is 0.000000205. The molecule has 0 aliphatic heterocycles. The quantitative estimate of drug-likeness (QED) is 0.0337. The Morgan fingerprint density at radius 1 is 0.347 bits per heavy atom. The molecule has 15 saturated carbocycles. The number of hydrogen-bond acceptors (Lipinski definition) is 18. The van der Waals surface area contributed by atoms with E-state index in [4.69, 9.17) is 42.6 Å². The molecule has 2 atom stereocenters. The predicted octanol–water partition coefficient (Wildman–Crippen LogP) is 25.7. The van der Waals surface area contributed by atoms with Crippen molar-refractivity contribution in [2.75, 3.05) is 19.8 Å². The molecule has 18 heteroatoms. The minimum Gasteiger partial charge on any atom is -0.465 e. The summed E-state index contributed by atoms with van der Waals surface area (Å²) >= 11 is 0. The van der Waals surface area contributed by atoms with Crippen LogP contribution in [0, 0.1) is 122 Å². The van der Waals surface area contributed by atoms with E-state index in [0.717, 1.165) is 125 Å². The predicted molar refractivity (Wildman–Crippen MR) is 491 cm³/mol. The third-order valence-electron chi connectivity index (χ3n) is 34.8. The van der Waals surface area contributed by atoms with Gasteiger partial charge in [-0.1, -0.05) is 128 Å². The van der Waals surface area contributed by atoms with Crippen LogP contribution in [0.25, 0.3) is 0 Å². The van der Waals surface area contributed by atoms with Crippen molar-refractivity contribution in [3.8, 4) is 0 Å². The molecule has 124 heavy (non-hydrogen) atoms. The van der Waals surface area contributed by atoms with E-state index in [2.05, 4.69) is 62.3 Å². The zero-order valence-corrected chi connectivity index (χ0v) is 83.7. The molecule has 18 nitrogen and oxygen atoms in total. The van der Waals surface area contributed by atoms with Crippen molar-refractivity contribution in [2.24, 2.45) is 122 Å². The average molecular weight is 1740 g/mol. The molecule has 0 aromatic heterocycles. The zero-order chi connectivity index (χ0) is 92.4. The molecular weight excluding hydrogens is 1560 g/mol. The number of esters is 9. The third-order valence-corrected chi connectivity index (χ3v) is 34.8. The Kier molecular flexibility index (Phi) is 38.9. The standard InChI is InChI=1S/C19H34O4.C19H32O2.C18H32O4.C18H30O2.C16H28O4.C16H26O2/c1-6-18(4,5)17(21)22-14-16(20)23-19(7-2,8-3)15-12-10-9-11-13-15;1-6-17(2,3)16(20)21-18(4,5)19-10-13-7-14(11-19)9-15(8-13)12-19;1-5-14(2)17(20)21-13-9-12-16(19)22-18(3,4)15-10-7-6-8-11-15;1-5-17(3,4)16(19)20-18(6-2)14-8-12-7-13(10-14)11-15(18)9-12;1-6-15(2,3)14(18)19-11-13(17)20-16(4,5)12-9-7-8-10-12;1-4-10(2)15(17)18-16(3)13-6-11-5-12(8-13)9-14(16)7-11/h15H,6-14H2,1-5H3;13-15H,6-12H2,1-5H3;14-15H,5-13H2,1-4H3;12-15H,5-11H2,1-4H3;12H,6-11H2,1-5H3;10-14H,4-9H2,1-3H3. The second-order valence-corrected chi connectivity index (χ2v) is 46.1. The van der Waals surface area contributed by atoms with Crippen LogP contribution >= 0.6 is 0 Å². The minimum absolute atomic E-state index is 0.00857. The molecule has 12 bridgehead atoms. The van der Waals surface area contributed by atoms with Crippen LogP contribution in [0.5, 0.6) is 0 Å². The van der Waals surface area contributed by atoms with Gasteiger partial charge in [0.1, 0.15) is 33.6 Å². The molecule has 0 aromatic rings. The molecule has 15 aliphatic carbocycles. The van der Waals surface area contributed by atoms with Crippen molar-refractivity contribution in [3.05, 3.63) is 0 Å². The highest BCUT2D eigenvalue weighted by Gasteiger charge is 2.62. The fraction of sp³-hybridized carbons (Fsp3) is 0.915. The molecule has 2 unspecified atom stereocenters. The third kappa shape index (κ3) is 27.4. The smallest absolute Gasteiger partial charge is 0.344 e. The van der Waals surface area contributed by atoms with Crippen molar-refractivity contribution in [1.29, 1.82) is 0 Å². The van der Waals surface area contributed by atoms with E-state index in [1.165, 1.54) is 154 Å². The summed E-state index contributed by atoms with van der Waals surface area (Å²) in [7, 11) is 0. The summed E-state index contributed by atoms with van der Waals surface area (Å²) in [6.07, 6.45) is 46.3. The maximum atomic E-state index is 12.6. The molecule has 15 aliphatic rings. The second-order valence-electron chi connectivity index (χ2n) is 46.1. The summed E-state index contributed by atoms with van der Waals surface area (Å²) in [5.74, 6) is 8.39. The van der Waals surface area contributed by atoms with Gasteiger partial charge in [-0.05, 0) is 392 Å². The summed E-state index contributed by atoms with van der Waals surface area (Å²) in [6, 6.07) is 0. The highest BCUT2D eigenvalue weighted by atomic mass is 16.6. The Labute approximate surface area is 753 Å². The van der Waals surface area contributed by atoms with E-state index in [1.807, 2.05) is 118 Å². The van der Waals surface area contributed by atoms with Crippen LogP contribution in [0.4, 0.5) is 0 Å². The van der Waals surface area contributed by atoms with Gasteiger partial charge in [0.25, 0.3) is 0 Å². The normalized spacial score (nSPS) is 29.3. The SMILES string of the molecule is CCC(C)(C)C(=O)OC(C)(C)C12CC3CC(CC(C3)C1)C2.CCC(C)(C)C(=O)OC1(CC)C2CC3CC(C2)CC1C3.CCC(C)(C)C(=O)OCC(=O)OC(C)(C)C1CCCC1.CCC(C)(C)C(=O)OCC(=O)OC(CC)(CC)C1CCCCC1.CCC(C)C(=O)OC1(C)C2CC3CC(C2)CC1C3.CCC(C)C(=O)OCCCC(=O)OC(C)(C)C1CCCCC1. The van der Waals surface area contributed by atoms with Gasteiger partial charge in [-0.15, -0.1) is 0 Å². The molecule has 0 heterocycles. The van der Waals surface area contributed by atoms with E-state index in [-0.39, 0.29) is 105 Å². The van der Waals surface area contributed by atoms with Crippen LogP contribution in [0.2, 0.25) is 0 Å². The van der Waals surface area contributed by atoms with Crippen molar-refractivity contribution in [3.63, 3.8) is 0 Å². The van der Waals surface area contributed by atoms with Gasteiger partial charge >= 0.3 is 53.7 Å². The van der Waals surface area contributed by atoms with Crippen molar-refractivity contribution in [2.45, 2.75) is 477 Å². The van der Waals surface area contributed by atoms with Crippen LogP contribution < -0.4 is 0 Å². The molecule has 0 spiro atoms. The van der Waals surface area contributed by atoms with E-state index in [1.54, 1.807) is 0 Å². The summed E-state index contributed by atoms with van der Waals surface area (Å²) in [5.41, 5.74) is -3.40. The van der Waals surface area contributed by atoms with Crippen molar-refractivity contribution < 1.29 is 85.8 Å². The summed E-state index contributed by atoms with van der Waals surface area (Å²) in [6.45, 7) is 51.8. The molecule has 0 amide bonds. The van der Waals surface area contributed by atoms with Crippen LogP contribution in [0.3, 0.4) is 0 Å². The second kappa shape index (κ2) is 45.4. The van der Waals surface area contributed by atoms with Gasteiger partial charge in [-0.3, -0.25) is 33.6 Å². The van der Waals surface area contributed by atoms with E-state index in [0.29, 0.717) is 73.7 Å². The van der Waals surface area contributed by atoms with Crippen LogP contribution in [0.1, 0.15) is 443 Å². The Morgan fingerprint density at radius 3 is 1.06 bits per heavy atom. The molecule has 0 aromatic carbocycles. The Hall–Kier alpha value is -4.77. The first-order valence-corrected chi connectivity index (χ1v) is 50.8. The number of rotatable bonds is 33. The molecule has 0 saturated heterocycles. The molecule has 0 radical (unpaired) electrons. The number of ether oxygens (including phenoxy) is 9. The topological polar surface area (TPSA) is 237 Å². The highest BCUT2D eigenvalue weighted by Crippen LogP contribution is 2.66. The van der Waals surface area contributed by atoms with Crippen LogP contribution in [-0.4, -0.2) is 107 Å². The summed E-state index contributed by atoms with van der Waals surface area (Å²) in [5, 5.41) is 0. The lowest BCUT2D eigenvalue weighted by Crippen LogP contribution is -2.60. The number of carbonyl (C=O) groups excluding carboxylic acids is 9. The first-order chi connectivity index (χ1) is 58.0. The monoisotopic (exact) mass is 1740 g/mol. The molecular formula is C106H182O18. The fourth-order valence-electron chi connectivity index (χ4n) is 24.3. The Morgan fingerprint density at radius 2 is 0.685 bits per heavy atom. The van der Waals surface area contributed by atoms with Crippen molar-refractivity contribution >= 4 is 53.7 Å². The largest absolute Gasteiger partial charge is 0.465 e. The van der Waals surface area contributed by atoms with Gasteiger partial charge in [0.2, 0.25) is 0 Å². The van der Waals surface area contributed by atoms with Gasteiger partial charge in [0, 0.05) is 11.8 Å². The molecule has 15 rings (SSSR count). The van der Waals surface area contributed by atoms with Gasteiger partial charge in [-0.25, -0.2) is 9.59 Å². The maximum absolute atomic E-state index is 12.6. The van der Waals surface area contributed by atoms with Gasteiger partial charge in [0.15, 0.2) is 13.2 Å². The van der Waals surface area contributed by atoms with Gasteiger partial charge < -0.3 is 42.6 Å². The van der Waals surface area contributed by atoms with Crippen LogP contribution in [-0.2, 0) is 85.8 Å². The fourth-order valence-corrected chi connectivity index (χ4v) is 24.3. The van der Waals surface area contributed by atoms with Crippen LogP contribution in [0.15, 0.2) is 0 Å². The molecule has 15 fully saturated rings. The summed E-state index contributed by atoms with van der Waals surface area (Å²) < 4.78 is 50.8. The Bertz CT molecular complexity index is 3330. The lowest BCUT2D eigenvalue weighted by molar-refractivity contribution is -0.218. The summed E-state index contributed by atoms with van der Waals surface area (Å²) in [4.78, 5) is 109. The maximum Gasteiger partial charge on any atom is 0.344 e. The molecule has 714 valence electrons. The first-order valence-electron chi connectivity index (χ1n) is 50.8. The van der Waals surface area contributed by atoms with Gasteiger partial charge in [0.05, 0.1) is 40.1 Å². The number of hydrogen-bond donors (Lipinski definition) is 0. The van der Waals surface area contributed by atoms with Gasteiger partial charge in [-0.2, -0.15) is 0 Å². The van der Waals surface area contributed by atoms with E-state index in [9.17, 15) is 43.2 Å². The van der Waals surface area contributed by atoms with Crippen molar-refractivity contribution in [1.82, 2.24) is 0 Å². The molecule has 0 N–H and O–H groups in total. The average Bonchev–Trinajstić information content (AvgIpc) is 0.751. The zero-order valence-electron chi connectivity index (χ0n) is 83.7. The van der Waals surface area contributed by atoms with E-state index >= 15 is 0 Å².